The number of aromatic amines is 1. The molecule has 3 rings (SSSR count). The molecule has 1 heterocycles. The number of rotatable bonds is 4. The summed E-state index contributed by atoms with van der Waals surface area (Å²) in [6.07, 6.45) is 4.69. The van der Waals surface area contributed by atoms with Gasteiger partial charge in [-0.25, -0.2) is 13.4 Å². The molecule has 1 atom stereocenters. The Labute approximate surface area is 129 Å². The van der Waals surface area contributed by atoms with Crippen LogP contribution in [0.2, 0.25) is 0 Å². The number of aromatic nitrogens is 2. The molecule has 5 nitrogen and oxygen atoms in total. The molecule has 114 valence electrons. The first-order valence-electron chi connectivity index (χ1n) is 6.93. The van der Waals surface area contributed by atoms with Crippen LogP contribution in [0.15, 0.2) is 48.9 Å². The average Bonchev–Trinajstić information content (AvgIpc) is 2.98. The summed E-state index contributed by atoms with van der Waals surface area (Å²) in [4.78, 5) is 7.28. The second-order valence-corrected chi connectivity index (χ2v) is 7.12. The predicted octanol–water partition coefficient (Wildman–Crippen LogP) is 3.09. The molecule has 2 N–H and O–H groups in total. The highest BCUT2D eigenvalue weighted by molar-refractivity contribution is 7.92. The fourth-order valence-electron chi connectivity index (χ4n) is 2.62. The van der Waals surface area contributed by atoms with E-state index in [1.807, 2.05) is 36.5 Å². The number of imidazole rings is 1. The third kappa shape index (κ3) is 2.96. The van der Waals surface area contributed by atoms with Gasteiger partial charge in [0.15, 0.2) is 0 Å². The van der Waals surface area contributed by atoms with Crippen LogP contribution in [0.1, 0.15) is 24.1 Å². The molecular weight excluding hydrogens is 298 g/mol. The first-order valence-corrected chi connectivity index (χ1v) is 8.82. The summed E-state index contributed by atoms with van der Waals surface area (Å²) >= 11 is 0. The number of nitrogens with zero attached hydrogens (tertiary/aromatic N) is 1. The zero-order valence-corrected chi connectivity index (χ0v) is 13.2. The maximum absolute atomic E-state index is 11.4. The minimum Gasteiger partial charge on any atom is -0.351 e. The third-order valence-corrected chi connectivity index (χ3v) is 4.26. The van der Waals surface area contributed by atoms with E-state index in [9.17, 15) is 8.42 Å². The van der Waals surface area contributed by atoms with Gasteiger partial charge in [0.2, 0.25) is 10.0 Å². The van der Waals surface area contributed by atoms with Crippen LogP contribution in [0.3, 0.4) is 0 Å². The first kappa shape index (κ1) is 14.6. The van der Waals surface area contributed by atoms with Gasteiger partial charge >= 0.3 is 0 Å². The van der Waals surface area contributed by atoms with E-state index in [2.05, 4.69) is 21.6 Å². The molecule has 22 heavy (non-hydrogen) atoms. The number of benzene rings is 2. The Bertz CT molecular complexity index is 902. The largest absolute Gasteiger partial charge is 0.351 e. The Morgan fingerprint density at radius 2 is 2.05 bits per heavy atom. The Hall–Kier alpha value is -2.34. The molecular formula is C16H17N3O2S. The van der Waals surface area contributed by atoms with Crippen LogP contribution in [0.25, 0.3) is 10.8 Å². The van der Waals surface area contributed by atoms with Gasteiger partial charge < -0.3 is 4.98 Å². The van der Waals surface area contributed by atoms with Crippen LogP contribution in [0, 0.1) is 0 Å². The van der Waals surface area contributed by atoms with Crippen molar-refractivity contribution < 1.29 is 8.42 Å². The quantitative estimate of drug-likeness (QED) is 0.777. The lowest BCUT2D eigenvalue weighted by molar-refractivity contribution is 0.607. The molecule has 3 aromatic rings. The highest BCUT2D eigenvalue weighted by atomic mass is 32.2. The van der Waals surface area contributed by atoms with Crippen molar-refractivity contribution in [2.45, 2.75) is 12.8 Å². The van der Waals surface area contributed by atoms with Gasteiger partial charge in [0.25, 0.3) is 0 Å². The van der Waals surface area contributed by atoms with Crippen LogP contribution >= 0.6 is 0 Å². The summed E-state index contributed by atoms with van der Waals surface area (Å²) in [6, 6.07) is 11.6. The Balaban J connectivity index is 2.12. The van der Waals surface area contributed by atoms with Gasteiger partial charge in [0.05, 0.1) is 18.3 Å². The highest BCUT2D eigenvalue weighted by Gasteiger charge is 2.14. The van der Waals surface area contributed by atoms with Crippen molar-refractivity contribution in [3.8, 4) is 0 Å². The fraction of sp³-hybridized carbons (Fsp3) is 0.188. The maximum Gasteiger partial charge on any atom is 0.229 e. The van der Waals surface area contributed by atoms with E-state index in [1.54, 1.807) is 12.4 Å². The summed E-state index contributed by atoms with van der Waals surface area (Å²) in [5.41, 5.74) is 2.63. The van der Waals surface area contributed by atoms with E-state index in [-0.39, 0.29) is 5.92 Å². The number of nitrogens with one attached hydrogen (secondary N) is 2. The van der Waals surface area contributed by atoms with Gasteiger partial charge in [-0.2, -0.15) is 0 Å². The molecule has 0 aliphatic heterocycles. The van der Waals surface area contributed by atoms with Gasteiger partial charge in [-0.1, -0.05) is 31.2 Å². The summed E-state index contributed by atoms with van der Waals surface area (Å²) in [6.45, 7) is 2.08. The molecule has 0 aliphatic rings. The number of H-pyrrole nitrogens is 1. The number of fused-ring (bicyclic) bond motifs is 1. The number of hydrogen-bond acceptors (Lipinski definition) is 3. The van der Waals surface area contributed by atoms with Crippen LogP contribution < -0.4 is 4.72 Å². The molecule has 0 amide bonds. The monoisotopic (exact) mass is 315 g/mol. The third-order valence-electron chi connectivity index (χ3n) is 3.65. The van der Waals surface area contributed by atoms with Crippen LogP contribution in [-0.4, -0.2) is 24.6 Å². The van der Waals surface area contributed by atoms with E-state index in [4.69, 9.17) is 0 Å². The number of sulfonamides is 1. The Morgan fingerprint density at radius 3 is 2.73 bits per heavy atom. The molecule has 0 saturated heterocycles. The lowest BCUT2D eigenvalue weighted by atomic mass is 9.92. The lowest BCUT2D eigenvalue weighted by Crippen LogP contribution is -2.09. The van der Waals surface area contributed by atoms with Gasteiger partial charge in [-0.3, -0.25) is 4.72 Å². The molecule has 0 bridgehead atoms. The molecule has 0 radical (unpaired) electrons. The minimum atomic E-state index is -3.29. The van der Waals surface area contributed by atoms with Crippen LogP contribution in [0.5, 0.6) is 0 Å². The summed E-state index contributed by atoms with van der Waals surface area (Å²) in [5.74, 6) is 0.114. The summed E-state index contributed by atoms with van der Waals surface area (Å²) < 4.78 is 25.4. The molecule has 6 heteroatoms. The molecule has 0 aliphatic carbocycles. The zero-order chi connectivity index (χ0) is 15.7. The molecule has 0 fully saturated rings. The van der Waals surface area contributed by atoms with Crippen LogP contribution in [0.4, 0.5) is 5.69 Å². The van der Waals surface area contributed by atoms with Crippen molar-refractivity contribution in [1.29, 1.82) is 0 Å². The van der Waals surface area contributed by atoms with Crippen molar-refractivity contribution in [3.63, 3.8) is 0 Å². The minimum absolute atomic E-state index is 0.114. The SMILES string of the molecule is CC(c1c[nH]cn1)c1cccc2ccc(NS(C)(=O)=O)cc12. The zero-order valence-electron chi connectivity index (χ0n) is 12.4. The first-order chi connectivity index (χ1) is 10.4. The Morgan fingerprint density at radius 1 is 1.23 bits per heavy atom. The topological polar surface area (TPSA) is 74.8 Å². The Kier molecular flexibility index (Phi) is 3.62. The molecule has 1 unspecified atom stereocenters. The normalized spacial score (nSPS) is 13.2. The average molecular weight is 315 g/mol. The fourth-order valence-corrected chi connectivity index (χ4v) is 3.17. The molecule has 2 aromatic carbocycles. The molecule has 1 aromatic heterocycles. The van der Waals surface area contributed by atoms with Gasteiger partial charge in [0.1, 0.15) is 0 Å². The van der Waals surface area contributed by atoms with Crippen molar-refractivity contribution in [3.05, 3.63) is 60.2 Å². The van der Waals surface area contributed by atoms with Crippen molar-refractivity contribution in [2.24, 2.45) is 0 Å². The van der Waals surface area contributed by atoms with E-state index >= 15 is 0 Å². The van der Waals surface area contributed by atoms with Crippen LogP contribution in [-0.2, 0) is 10.0 Å². The lowest BCUT2D eigenvalue weighted by Gasteiger charge is -2.14. The maximum atomic E-state index is 11.4. The highest BCUT2D eigenvalue weighted by Crippen LogP contribution is 2.31. The second-order valence-electron chi connectivity index (χ2n) is 5.37. The molecule has 0 saturated carbocycles. The van der Waals surface area contributed by atoms with E-state index in [0.29, 0.717) is 5.69 Å². The predicted molar refractivity (Wildman–Crippen MR) is 88.5 cm³/mol. The number of hydrogen-bond donors (Lipinski definition) is 2. The van der Waals surface area contributed by atoms with Crippen molar-refractivity contribution in [1.82, 2.24) is 9.97 Å². The molecule has 0 spiro atoms. The smallest absolute Gasteiger partial charge is 0.229 e. The van der Waals surface area contributed by atoms with Gasteiger partial charge in [0, 0.05) is 17.8 Å². The summed E-state index contributed by atoms with van der Waals surface area (Å²) in [7, 11) is -3.29. The van der Waals surface area contributed by atoms with Crippen molar-refractivity contribution >= 4 is 26.5 Å². The van der Waals surface area contributed by atoms with E-state index in [1.165, 1.54) is 0 Å². The number of anilines is 1. The van der Waals surface area contributed by atoms with Gasteiger partial charge in [-0.15, -0.1) is 0 Å². The van der Waals surface area contributed by atoms with Crippen molar-refractivity contribution in [2.75, 3.05) is 11.0 Å². The van der Waals surface area contributed by atoms with E-state index < -0.39 is 10.0 Å². The standard InChI is InChI=1S/C16H17N3O2S/c1-11(16-9-17-10-18-16)14-5-3-4-12-6-7-13(8-15(12)14)19-22(2,20)21/h3-11,19H,1-2H3,(H,17,18). The van der Waals surface area contributed by atoms with Gasteiger partial charge in [-0.05, 0) is 28.5 Å². The summed E-state index contributed by atoms with van der Waals surface area (Å²) in [5, 5.41) is 2.09. The van der Waals surface area contributed by atoms with E-state index in [0.717, 1.165) is 28.3 Å². The second kappa shape index (κ2) is 5.46.